The molecule has 11 heteroatoms. The third-order valence-corrected chi connectivity index (χ3v) is 8.85. The third kappa shape index (κ3) is 37.5. The molecule has 0 aromatic carbocycles. The Labute approximate surface area is 326 Å². The average Bonchev–Trinajstić information content (AvgIpc) is 3.15. The zero-order chi connectivity index (χ0) is 39.8. The molecule has 0 saturated heterocycles. The lowest BCUT2D eigenvalue weighted by atomic mass is 10.1. The number of nitrogens with two attached hydrogens (primary N) is 1. The largest absolute Gasteiger partial charge is 0.472 e. The van der Waals surface area contributed by atoms with Crippen LogP contribution in [0.15, 0.2) is 85.1 Å². The highest BCUT2D eigenvalue weighted by atomic mass is 31.2. The molecule has 0 radical (unpaired) electrons. The van der Waals surface area contributed by atoms with Crippen molar-refractivity contribution in [2.24, 2.45) is 5.73 Å². The maximum Gasteiger partial charge on any atom is 0.472 e. The monoisotopic (exact) mass is 777 g/mol. The molecule has 0 aliphatic carbocycles. The first-order valence-corrected chi connectivity index (χ1v) is 21.7. The summed E-state index contributed by atoms with van der Waals surface area (Å²) in [6.45, 7) is 3.36. The van der Waals surface area contributed by atoms with E-state index in [1.807, 2.05) is 36.5 Å². The number of allylic oxidation sites excluding steroid dienone is 13. The molecule has 54 heavy (non-hydrogen) atoms. The van der Waals surface area contributed by atoms with Crippen LogP contribution < -0.4 is 5.73 Å². The van der Waals surface area contributed by atoms with E-state index >= 15 is 0 Å². The van der Waals surface area contributed by atoms with Crippen LogP contribution in [0.4, 0.5) is 0 Å². The Morgan fingerprint density at radius 3 is 1.93 bits per heavy atom. The molecule has 3 atom stereocenters. The molecule has 0 aliphatic heterocycles. The molecule has 0 heterocycles. The van der Waals surface area contributed by atoms with E-state index in [2.05, 4.69) is 62.5 Å². The number of hydrogen-bond donors (Lipinski definition) is 3. The van der Waals surface area contributed by atoms with E-state index in [4.69, 9.17) is 24.3 Å². The van der Waals surface area contributed by atoms with Crippen LogP contribution in [0.25, 0.3) is 0 Å². The average molecular weight is 778 g/mol. The molecule has 0 aliphatic rings. The Balaban J connectivity index is 4.38. The number of phosphoric ester groups is 1. The lowest BCUT2D eigenvalue weighted by Gasteiger charge is -2.19. The number of aliphatic hydroxyl groups excluding tert-OH is 1. The molecule has 0 saturated carbocycles. The molecular weight excluding hydrogens is 705 g/mol. The van der Waals surface area contributed by atoms with Gasteiger partial charge in [-0.3, -0.25) is 18.6 Å². The summed E-state index contributed by atoms with van der Waals surface area (Å²) in [5, 5.41) is 9.88. The number of carbonyl (C=O) groups excluding carboxylic acids is 2. The van der Waals surface area contributed by atoms with Gasteiger partial charge in [-0.1, -0.05) is 137 Å². The Hall–Kier alpha value is -2.85. The minimum Gasteiger partial charge on any atom is -0.462 e. The Kier molecular flexibility index (Phi) is 36.4. The summed E-state index contributed by atoms with van der Waals surface area (Å²) in [7, 11) is -4.41. The van der Waals surface area contributed by atoms with Crippen LogP contribution in [-0.2, 0) is 32.7 Å². The van der Waals surface area contributed by atoms with Crippen LogP contribution in [0.2, 0.25) is 0 Å². The van der Waals surface area contributed by atoms with Gasteiger partial charge in [0, 0.05) is 19.4 Å². The second kappa shape index (κ2) is 38.4. The van der Waals surface area contributed by atoms with Crippen LogP contribution in [0.1, 0.15) is 136 Å². The van der Waals surface area contributed by atoms with Crippen LogP contribution in [0.3, 0.4) is 0 Å². The number of rotatable bonds is 36. The van der Waals surface area contributed by atoms with E-state index in [1.54, 1.807) is 0 Å². The van der Waals surface area contributed by atoms with Gasteiger partial charge >= 0.3 is 19.8 Å². The standard InChI is InChI=1S/C43H72NO9P/c1-3-5-7-8-9-10-11-12-13-14-17-21-24-27-31-35-43(47)53-41(39-52-54(48,49)51-37-36-44)38-50-42(46)34-30-26-23-20-18-15-16-19-22-25-29-33-40(45)32-28-6-4-2/h5,7,9-10,12-13,15-16,20,22-23,25,29,33,40-41,45H,3-4,6,8,11,14,17-19,21,24,26-28,30-32,34-39,44H2,1-2H3,(H,48,49)/b7-5-,10-9-,13-12-,16-15-,23-20-,25-22-,33-29+/t40-,41-/m1/s1. The first-order chi connectivity index (χ1) is 26.2. The topological polar surface area (TPSA) is 155 Å². The van der Waals surface area contributed by atoms with Gasteiger partial charge in [-0.15, -0.1) is 0 Å². The van der Waals surface area contributed by atoms with Crippen LogP contribution in [0, 0.1) is 0 Å². The van der Waals surface area contributed by atoms with E-state index in [0.29, 0.717) is 19.3 Å². The maximum atomic E-state index is 12.5. The van der Waals surface area contributed by atoms with Crippen molar-refractivity contribution in [2.75, 3.05) is 26.4 Å². The predicted octanol–water partition coefficient (Wildman–Crippen LogP) is 10.2. The van der Waals surface area contributed by atoms with E-state index in [9.17, 15) is 24.2 Å². The molecule has 1 unspecified atom stereocenters. The number of aliphatic hydroxyl groups is 1. The summed E-state index contributed by atoms with van der Waals surface area (Å²) < 4.78 is 32.6. The van der Waals surface area contributed by atoms with E-state index in [-0.39, 0.29) is 38.7 Å². The highest BCUT2D eigenvalue weighted by Gasteiger charge is 2.25. The van der Waals surface area contributed by atoms with Crippen molar-refractivity contribution in [1.29, 1.82) is 0 Å². The van der Waals surface area contributed by atoms with Crippen molar-refractivity contribution in [3.63, 3.8) is 0 Å². The first-order valence-electron chi connectivity index (χ1n) is 20.2. The normalized spacial score (nSPS) is 14.8. The summed E-state index contributed by atoms with van der Waals surface area (Å²) in [5.74, 6) is -0.951. The fraction of sp³-hybridized carbons (Fsp3) is 0.628. The lowest BCUT2D eigenvalue weighted by molar-refractivity contribution is -0.161. The van der Waals surface area contributed by atoms with E-state index in [0.717, 1.165) is 89.9 Å². The molecule has 0 aromatic heterocycles. The number of hydrogen-bond acceptors (Lipinski definition) is 9. The number of unbranched alkanes of at least 4 members (excludes halogenated alkanes) is 8. The first kappa shape index (κ1) is 51.1. The molecule has 0 fully saturated rings. The van der Waals surface area contributed by atoms with Crippen molar-refractivity contribution in [3.8, 4) is 0 Å². The minimum absolute atomic E-state index is 0.0313. The molecule has 0 aromatic rings. The van der Waals surface area contributed by atoms with Crippen LogP contribution in [-0.4, -0.2) is 60.5 Å². The highest BCUT2D eigenvalue weighted by Crippen LogP contribution is 2.43. The summed E-state index contributed by atoms with van der Waals surface area (Å²) in [4.78, 5) is 34.8. The fourth-order valence-corrected chi connectivity index (χ4v) is 5.63. The molecule has 308 valence electrons. The molecule has 0 spiro atoms. The summed E-state index contributed by atoms with van der Waals surface area (Å²) in [6, 6.07) is 0. The Morgan fingerprint density at radius 2 is 1.26 bits per heavy atom. The van der Waals surface area contributed by atoms with Crippen LogP contribution >= 0.6 is 7.82 Å². The zero-order valence-electron chi connectivity index (χ0n) is 33.3. The Bertz CT molecular complexity index is 1180. The van der Waals surface area contributed by atoms with Crippen molar-refractivity contribution >= 4 is 19.8 Å². The van der Waals surface area contributed by atoms with Gasteiger partial charge < -0.3 is 25.2 Å². The van der Waals surface area contributed by atoms with Gasteiger partial charge in [0.2, 0.25) is 0 Å². The van der Waals surface area contributed by atoms with Crippen molar-refractivity contribution in [1.82, 2.24) is 0 Å². The molecule has 0 rings (SSSR count). The van der Waals surface area contributed by atoms with Gasteiger partial charge in [0.25, 0.3) is 0 Å². The summed E-state index contributed by atoms with van der Waals surface area (Å²) in [5.41, 5.74) is 5.33. The van der Waals surface area contributed by atoms with Crippen molar-refractivity contribution in [3.05, 3.63) is 85.1 Å². The van der Waals surface area contributed by atoms with Gasteiger partial charge in [0.15, 0.2) is 6.10 Å². The number of ether oxygens (including phenoxy) is 2. The lowest BCUT2D eigenvalue weighted by Crippen LogP contribution is -2.29. The van der Waals surface area contributed by atoms with E-state index in [1.165, 1.54) is 0 Å². The van der Waals surface area contributed by atoms with Gasteiger partial charge in [-0.2, -0.15) is 0 Å². The van der Waals surface area contributed by atoms with Gasteiger partial charge in [0.1, 0.15) is 6.61 Å². The predicted molar refractivity (Wildman–Crippen MR) is 221 cm³/mol. The molecule has 10 nitrogen and oxygen atoms in total. The molecular formula is C43H72NO9P. The van der Waals surface area contributed by atoms with Crippen LogP contribution in [0.5, 0.6) is 0 Å². The van der Waals surface area contributed by atoms with Crippen molar-refractivity contribution < 1.29 is 42.7 Å². The SMILES string of the molecule is CC/C=C\C/C=C\C/C=C\CCCCCCCC(=O)O[C@H](COC(=O)CCC/C=C\C/C=C\C/C=C\C=C\[C@H](O)CCCCC)COP(=O)(O)OCCN. The van der Waals surface area contributed by atoms with Crippen molar-refractivity contribution in [2.45, 2.75) is 148 Å². The minimum atomic E-state index is -4.41. The number of phosphoric acid groups is 1. The van der Waals surface area contributed by atoms with E-state index < -0.39 is 32.5 Å². The smallest absolute Gasteiger partial charge is 0.462 e. The fourth-order valence-electron chi connectivity index (χ4n) is 4.87. The molecule has 0 bridgehead atoms. The van der Waals surface area contributed by atoms with Gasteiger partial charge in [-0.25, -0.2) is 4.57 Å². The highest BCUT2D eigenvalue weighted by molar-refractivity contribution is 7.47. The molecule has 4 N–H and O–H groups in total. The molecule has 0 amide bonds. The second-order valence-corrected chi connectivity index (χ2v) is 14.4. The number of esters is 2. The quantitative estimate of drug-likeness (QED) is 0.0184. The van der Waals surface area contributed by atoms with Gasteiger partial charge in [-0.05, 0) is 70.6 Å². The Morgan fingerprint density at radius 1 is 0.667 bits per heavy atom. The number of carbonyl (C=O) groups is 2. The summed E-state index contributed by atoms with van der Waals surface area (Å²) >= 11 is 0. The zero-order valence-corrected chi connectivity index (χ0v) is 34.2. The summed E-state index contributed by atoms with van der Waals surface area (Å²) in [6.07, 6.45) is 43.7. The van der Waals surface area contributed by atoms with Gasteiger partial charge in [0.05, 0.1) is 19.3 Å². The third-order valence-electron chi connectivity index (χ3n) is 7.87. The maximum absolute atomic E-state index is 12.5. The second-order valence-electron chi connectivity index (χ2n) is 13.0.